The van der Waals surface area contributed by atoms with Crippen molar-refractivity contribution in [2.24, 2.45) is 0 Å². The number of piperidine rings is 1. The Morgan fingerprint density at radius 3 is 2.86 bits per heavy atom. The fourth-order valence-corrected chi connectivity index (χ4v) is 2.07. The predicted octanol–water partition coefficient (Wildman–Crippen LogP) is 2.11. The van der Waals surface area contributed by atoms with E-state index in [-0.39, 0.29) is 0 Å². The van der Waals surface area contributed by atoms with Crippen LogP contribution in [0.15, 0.2) is 12.4 Å². The summed E-state index contributed by atoms with van der Waals surface area (Å²) in [5.41, 5.74) is 0. The van der Waals surface area contributed by atoms with Crippen molar-refractivity contribution in [3.05, 3.63) is 12.4 Å². The lowest BCUT2D eigenvalue weighted by Gasteiger charge is -2.30. The summed E-state index contributed by atoms with van der Waals surface area (Å²) < 4.78 is 2.18. The van der Waals surface area contributed by atoms with Gasteiger partial charge in [0.05, 0.1) is 0 Å². The molecular weight excluding hydrogens is 198 g/mol. The first kappa shape index (κ1) is 9.84. The summed E-state index contributed by atoms with van der Waals surface area (Å²) in [5.74, 6) is 1.09. The normalized spacial score (nSPS) is 18.9. The number of hydrogen-bond donors (Lipinski definition) is 0. The van der Waals surface area contributed by atoms with E-state index in [0.29, 0.717) is 5.38 Å². The van der Waals surface area contributed by atoms with Gasteiger partial charge < -0.3 is 9.47 Å². The van der Waals surface area contributed by atoms with Crippen molar-refractivity contribution >= 4 is 17.5 Å². The van der Waals surface area contributed by atoms with Crippen LogP contribution in [-0.2, 0) is 6.54 Å². The number of imidazole rings is 1. The minimum atomic E-state index is 0.358. The molecule has 78 valence electrons. The maximum atomic E-state index is 6.06. The number of nitrogens with zero attached hydrogens (tertiary/aromatic N) is 3. The standard InChI is InChI=1S/C10H16ClN3/c1-2-13-8-5-12-10(13)14-6-3-9(11)4-7-14/h5,8-9H,2-4,6-7H2,1H3. The molecule has 0 saturated carbocycles. The van der Waals surface area contributed by atoms with Gasteiger partial charge in [-0.05, 0) is 19.8 Å². The molecule has 1 saturated heterocycles. The van der Waals surface area contributed by atoms with E-state index >= 15 is 0 Å². The second kappa shape index (κ2) is 4.22. The lowest BCUT2D eigenvalue weighted by molar-refractivity contribution is 0.563. The molecular formula is C10H16ClN3. The van der Waals surface area contributed by atoms with Crippen molar-refractivity contribution in [1.82, 2.24) is 9.55 Å². The summed E-state index contributed by atoms with van der Waals surface area (Å²) in [6.45, 7) is 5.19. The van der Waals surface area contributed by atoms with Crippen LogP contribution >= 0.6 is 11.6 Å². The predicted molar refractivity (Wildman–Crippen MR) is 59.0 cm³/mol. The van der Waals surface area contributed by atoms with Crippen LogP contribution < -0.4 is 4.90 Å². The summed E-state index contributed by atoms with van der Waals surface area (Å²) >= 11 is 6.06. The van der Waals surface area contributed by atoms with Gasteiger partial charge in [-0.15, -0.1) is 11.6 Å². The molecule has 1 aliphatic rings. The highest BCUT2D eigenvalue weighted by Crippen LogP contribution is 2.20. The molecule has 0 aliphatic carbocycles. The maximum absolute atomic E-state index is 6.06. The molecule has 0 N–H and O–H groups in total. The van der Waals surface area contributed by atoms with Gasteiger partial charge in [-0.25, -0.2) is 4.98 Å². The van der Waals surface area contributed by atoms with E-state index in [0.717, 1.165) is 38.4 Å². The second-order valence-corrected chi connectivity index (χ2v) is 4.29. The molecule has 0 atom stereocenters. The average molecular weight is 214 g/mol. The van der Waals surface area contributed by atoms with Crippen LogP contribution in [0.5, 0.6) is 0 Å². The summed E-state index contributed by atoms with van der Waals surface area (Å²) in [5, 5.41) is 0.358. The third-order valence-corrected chi connectivity index (χ3v) is 3.18. The highest BCUT2D eigenvalue weighted by molar-refractivity contribution is 6.20. The van der Waals surface area contributed by atoms with Crippen molar-refractivity contribution in [1.29, 1.82) is 0 Å². The van der Waals surface area contributed by atoms with Gasteiger partial charge in [0.25, 0.3) is 0 Å². The molecule has 2 rings (SSSR count). The van der Waals surface area contributed by atoms with E-state index in [1.807, 2.05) is 12.4 Å². The van der Waals surface area contributed by atoms with Gasteiger partial charge in [-0.1, -0.05) is 0 Å². The van der Waals surface area contributed by atoms with Gasteiger partial charge >= 0.3 is 0 Å². The Bertz CT molecular complexity index is 289. The van der Waals surface area contributed by atoms with Crippen molar-refractivity contribution in [3.8, 4) is 0 Å². The molecule has 0 radical (unpaired) electrons. The van der Waals surface area contributed by atoms with Crippen LogP contribution in [-0.4, -0.2) is 28.0 Å². The summed E-state index contributed by atoms with van der Waals surface area (Å²) in [6.07, 6.45) is 6.03. The number of alkyl halides is 1. The third-order valence-electron chi connectivity index (χ3n) is 2.74. The van der Waals surface area contributed by atoms with Crippen LogP contribution in [0.4, 0.5) is 5.95 Å². The van der Waals surface area contributed by atoms with Gasteiger partial charge in [0.15, 0.2) is 0 Å². The van der Waals surface area contributed by atoms with Gasteiger partial charge in [0.1, 0.15) is 0 Å². The largest absolute Gasteiger partial charge is 0.342 e. The fraction of sp³-hybridized carbons (Fsp3) is 0.700. The Labute approximate surface area is 89.7 Å². The Balaban J connectivity index is 2.08. The Morgan fingerprint density at radius 2 is 2.21 bits per heavy atom. The van der Waals surface area contributed by atoms with Crippen molar-refractivity contribution < 1.29 is 0 Å². The molecule has 1 aliphatic heterocycles. The fourth-order valence-electron chi connectivity index (χ4n) is 1.88. The van der Waals surface area contributed by atoms with Crippen LogP contribution in [0.2, 0.25) is 0 Å². The summed E-state index contributed by atoms with van der Waals surface area (Å²) in [7, 11) is 0. The molecule has 0 spiro atoms. The number of hydrogen-bond acceptors (Lipinski definition) is 2. The third kappa shape index (κ3) is 1.87. The van der Waals surface area contributed by atoms with E-state index in [4.69, 9.17) is 11.6 Å². The van der Waals surface area contributed by atoms with Crippen LogP contribution in [0.25, 0.3) is 0 Å². The zero-order valence-electron chi connectivity index (χ0n) is 8.49. The summed E-state index contributed by atoms with van der Waals surface area (Å²) in [4.78, 5) is 6.70. The van der Waals surface area contributed by atoms with E-state index in [1.54, 1.807) is 0 Å². The molecule has 1 fully saturated rings. The summed E-state index contributed by atoms with van der Waals surface area (Å²) in [6, 6.07) is 0. The topological polar surface area (TPSA) is 21.1 Å². The zero-order valence-corrected chi connectivity index (χ0v) is 9.24. The molecule has 4 heteroatoms. The first-order valence-corrected chi connectivity index (χ1v) is 5.65. The molecule has 0 amide bonds. The highest BCUT2D eigenvalue weighted by Gasteiger charge is 2.19. The first-order chi connectivity index (χ1) is 6.81. The zero-order chi connectivity index (χ0) is 9.97. The lowest BCUT2D eigenvalue weighted by atomic mass is 10.1. The highest BCUT2D eigenvalue weighted by atomic mass is 35.5. The quantitative estimate of drug-likeness (QED) is 0.702. The second-order valence-electron chi connectivity index (χ2n) is 3.67. The lowest BCUT2D eigenvalue weighted by Crippen LogP contribution is -2.35. The van der Waals surface area contributed by atoms with E-state index < -0.39 is 0 Å². The molecule has 14 heavy (non-hydrogen) atoms. The molecule has 3 nitrogen and oxygen atoms in total. The smallest absolute Gasteiger partial charge is 0.205 e. The number of aryl methyl sites for hydroxylation is 1. The monoisotopic (exact) mass is 213 g/mol. The minimum Gasteiger partial charge on any atom is -0.342 e. The average Bonchev–Trinajstić information content (AvgIpc) is 2.67. The van der Waals surface area contributed by atoms with E-state index in [9.17, 15) is 0 Å². The SMILES string of the molecule is CCn1ccnc1N1CCC(Cl)CC1. The number of anilines is 1. The molecule has 0 unspecified atom stereocenters. The molecule has 2 heterocycles. The minimum absolute atomic E-state index is 0.358. The van der Waals surface area contributed by atoms with Crippen LogP contribution in [0.1, 0.15) is 19.8 Å². The molecule has 1 aromatic heterocycles. The first-order valence-electron chi connectivity index (χ1n) is 5.21. The Kier molecular flexibility index (Phi) is 2.96. The number of aromatic nitrogens is 2. The van der Waals surface area contributed by atoms with Gasteiger partial charge in [-0.3, -0.25) is 0 Å². The van der Waals surface area contributed by atoms with Gasteiger partial charge in [0, 0.05) is 37.4 Å². The van der Waals surface area contributed by atoms with Crippen molar-refractivity contribution in [2.75, 3.05) is 18.0 Å². The van der Waals surface area contributed by atoms with Gasteiger partial charge in [0.2, 0.25) is 5.95 Å². The number of rotatable bonds is 2. The van der Waals surface area contributed by atoms with Crippen LogP contribution in [0, 0.1) is 0 Å². The van der Waals surface area contributed by atoms with Crippen molar-refractivity contribution in [3.63, 3.8) is 0 Å². The van der Waals surface area contributed by atoms with E-state index in [1.165, 1.54) is 0 Å². The number of halogens is 1. The van der Waals surface area contributed by atoms with Crippen molar-refractivity contribution in [2.45, 2.75) is 31.7 Å². The van der Waals surface area contributed by atoms with Crippen LogP contribution in [0.3, 0.4) is 0 Å². The molecule has 1 aromatic rings. The van der Waals surface area contributed by atoms with Gasteiger partial charge in [-0.2, -0.15) is 0 Å². The molecule has 0 aromatic carbocycles. The molecule has 0 bridgehead atoms. The Hall–Kier alpha value is -0.700. The van der Waals surface area contributed by atoms with E-state index in [2.05, 4.69) is 21.4 Å². The Morgan fingerprint density at radius 1 is 1.50 bits per heavy atom. The maximum Gasteiger partial charge on any atom is 0.205 e.